The van der Waals surface area contributed by atoms with Gasteiger partial charge in [-0.2, -0.15) is 5.10 Å². The number of aryl methyl sites for hydroxylation is 2. The fraction of sp³-hybridized carbons (Fsp3) is 0.176. The summed E-state index contributed by atoms with van der Waals surface area (Å²) in [6.07, 6.45) is 6.04. The van der Waals surface area contributed by atoms with Gasteiger partial charge in [0.05, 0.1) is 18.3 Å². The number of aldehydes is 1. The fourth-order valence-corrected chi connectivity index (χ4v) is 2.70. The molecule has 6 heteroatoms. The number of aromatic nitrogens is 3. The number of carbonyl (C=O) groups is 1. The summed E-state index contributed by atoms with van der Waals surface area (Å²) in [6.45, 7) is 1.93. The van der Waals surface area contributed by atoms with Crippen LogP contribution in [0.2, 0.25) is 0 Å². The Morgan fingerprint density at radius 1 is 1.30 bits per heavy atom. The van der Waals surface area contributed by atoms with Crippen molar-refractivity contribution < 1.29 is 40.5 Å². The smallest absolute Gasteiger partial charge is 1.00 e. The summed E-state index contributed by atoms with van der Waals surface area (Å²) in [6, 6.07) is 8.00. The van der Waals surface area contributed by atoms with Crippen molar-refractivity contribution in [3.8, 4) is 11.6 Å². The van der Waals surface area contributed by atoms with Crippen LogP contribution in [0.15, 0.2) is 36.5 Å². The van der Waals surface area contributed by atoms with Crippen molar-refractivity contribution in [2.24, 2.45) is 7.05 Å². The molecule has 114 valence electrons. The standard InChI is InChI=1S/C17H17N3O2.Na.H/c1-12-15(5-4-10-21)17(19(2)18-12)20-9-8-13-6-7-14(22-3)11-16(13)20;;/h4-11H,1-3H3;;/q;+1;-1/b5-4+;;. The summed E-state index contributed by atoms with van der Waals surface area (Å²) in [5, 5.41) is 5.58. The van der Waals surface area contributed by atoms with E-state index in [0.717, 1.165) is 40.0 Å². The Morgan fingerprint density at radius 3 is 2.78 bits per heavy atom. The molecule has 0 radical (unpaired) electrons. The number of methoxy groups -OCH3 is 1. The number of carbonyl (C=O) groups excluding carboxylic acids is 1. The molecule has 2 heterocycles. The SMILES string of the molecule is COc1ccc2ccn(-c3c(/C=C/C=O)c(C)nn3C)c2c1.[H-].[Na+]. The van der Waals surface area contributed by atoms with Crippen LogP contribution in [0.3, 0.4) is 0 Å². The molecule has 0 saturated carbocycles. The van der Waals surface area contributed by atoms with Gasteiger partial charge in [-0.1, -0.05) is 0 Å². The van der Waals surface area contributed by atoms with Crippen LogP contribution in [0.5, 0.6) is 5.75 Å². The molecule has 3 aromatic rings. The van der Waals surface area contributed by atoms with Gasteiger partial charge >= 0.3 is 29.6 Å². The first-order valence-corrected chi connectivity index (χ1v) is 6.96. The monoisotopic (exact) mass is 319 g/mol. The second-order valence-corrected chi connectivity index (χ2v) is 5.05. The van der Waals surface area contributed by atoms with Crippen LogP contribution in [-0.2, 0) is 11.8 Å². The van der Waals surface area contributed by atoms with Crippen molar-refractivity contribution in [2.45, 2.75) is 6.92 Å². The number of fused-ring (bicyclic) bond motifs is 1. The number of benzene rings is 1. The van der Waals surface area contributed by atoms with Crippen molar-refractivity contribution in [1.29, 1.82) is 0 Å². The van der Waals surface area contributed by atoms with Crippen molar-refractivity contribution >= 4 is 23.3 Å². The van der Waals surface area contributed by atoms with Gasteiger partial charge in [0.25, 0.3) is 0 Å². The molecule has 3 rings (SSSR count). The molecule has 0 fully saturated rings. The Labute approximate surface area is 158 Å². The summed E-state index contributed by atoms with van der Waals surface area (Å²) >= 11 is 0. The van der Waals surface area contributed by atoms with Crippen LogP contribution in [0.25, 0.3) is 22.8 Å². The third-order valence-electron chi connectivity index (χ3n) is 3.71. The molecule has 0 bridgehead atoms. The normalized spacial score (nSPS) is 10.9. The predicted octanol–water partition coefficient (Wildman–Crippen LogP) is 0.00962. The first-order valence-electron chi connectivity index (χ1n) is 6.96. The Morgan fingerprint density at radius 2 is 2.09 bits per heavy atom. The molecule has 5 nitrogen and oxygen atoms in total. The quantitative estimate of drug-likeness (QED) is 0.387. The van der Waals surface area contributed by atoms with Crippen LogP contribution in [0.4, 0.5) is 0 Å². The summed E-state index contributed by atoms with van der Waals surface area (Å²) in [4.78, 5) is 10.7. The Hall–Kier alpha value is -1.82. The maximum Gasteiger partial charge on any atom is 1.00 e. The van der Waals surface area contributed by atoms with Gasteiger partial charge in [-0.25, -0.2) is 0 Å². The minimum Gasteiger partial charge on any atom is -1.00 e. The average Bonchev–Trinajstić information content (AvgIpc) is 3.04. The average molecular weight is 319 g/mol. The number of hydrogen-bond acceptors (Lipinski definition) is 3. The van der Waals surface area contributed by atoms with E-state index in [2.05, 4.69) is 9.67 Å². The molecule has 0 aliphatic carbocycles. The number of hydrogen-bond donors (Lipinski definition) is 0. The molecule has 0 aliphatic heterocycles. The second kappa shape index (κ2) is 7.17. The largest absolute Gasteiger partial charge is 1.00 e. The van der Waals surface area contributed by atoms with E-state index in [1.807, 2.05) is 49.1 Å². The topological polar surface area (TPSA) is 49.1 Å². The van der Waals surface area contributed by atoms with Crippen molar-refractivity contribution in [3.05, 3.63) is 47.8 Å². The summed E-state index contributed by atoms with van der Waals surface area (Å²) in [7, 11) is 3.55. The number of allylic oxidation sites excluding steroid dienone is 1. The number of nitrogens with zero attached hydrogens (tertiary/aromatic N) is 3. The van der Waals surface area contributed by atoms with Gasteiger partial charge in [0, 0.05) is 30.3 Å². The zero-order valence-electron chi connectivity index (χ0n) is 14.8. The van der Waals surface area contributed by atoms with Gasteiger partial charge in [-0.3, -0.25) is 9.48 Å². The van der Waals surface area contributed by atoms with Gasteiger partial charge in [0.1, 0.15) is 17.9 Å². The summed E-state index contributed by atoms with van der Waals surface area (Å²) < 4.78 is 9.19. The zero-order chi connectivity index (χ0) is 15.7. The van der Waals surface area contributed by atoms with E-state index >= 15 is 0 Å². The van der Waals surface area contributed by atoms with Crippen LogP contribution in [-0.4, -0.2) is 27.7 Å². The van der Waals surface area contributed by atoms with Gasteiger partial charge < -0.3 is 10.7 Å². The van der Waals surface area contributed by atoms with E-state index in [1.54, 1.807) is 13.2 Å². The molecule has 0 N–H and O–H groups in total. The van der Waals surface area contributed by atoms with Crippen molar-refractivity contribution in [2.75, 3.05) is 7.11 Å². The molecular weight excluding hydrogens is 301 g/mol. The maximum atomic E-state index is 10.7. The molecule has 0 amide bonds. The number of ether oxygens (including phenoxy) is 1. The van der Waals surface area contributed by atoms with E-state index in [4.69, 9.17) is 4.74 Å². The van der Waals surface area contributed by atoms with Crippen molar-refractivity contribution in [3.63, 3.8) is 0 Å². The van der Waals surface area contributed by atoms with Crippen LogP contribution < -0.4 is 34.3 Å². The minimum absolute atomic E-state index is 0. The maximum absolute atomic E-state index is 10.7. The summed E-state index contributed by atoms with van der Waals surface area (Å²) in [5.74, 6) is 1.72. The summed E-state index contributed by atoms with van der Waals surface area (Å²) in [5.41, 5.74) is 2.83. The molecule has 0 unspecified atom stereocenters. The predicted molar refractivity (Wildman–Crippen MR) is 87.5 cm³/mol. The van der Waals surface area contributed by atoms with Crippen LogP contribution in [0.1, 0.15) is 12.7 Å². The third-order valence-corrected chi connectivity index (χ3v) is 3.71. The molecule has 0 spiro atoms. The van der Waals surface area contributed by atoms with E-state index in [1.165, 1.54) is 6.08 Å². The van der Waals surface area contributed by atoms with Gasteiger partial charge in [0.15, 0.2) is 0 Å². The molecule has 0 atom stereocenters. The van der Waals surface area contributed by atoms with Crippen molar-refractivity contribution in [1.82, 2.24) is 14.3 Å². The van der Waals surface area contributed by atoms with E-state index in [9.17, 15) is 4.79 Å². The van der Waals surface area contributed by atoms with Gasteiger partial charge in [-0.05, 0) is 37.3 Å². The first-order chi connectivity index (χ1) is 10.7. The Balaban J connectivity index is 0.00000144. The third kappa shape index (κ3) is 3.13. The Kier molecular flexibility index (Phi) is 5.46. The van der Waals surface area contributed by atoms with Crippen LogP contribution >= 0.6 is 0 Å². The molecule has 0 saturated heterocycles. The minimum atomic E-state index is 0. The second-order valence-electron chi connectivity index (χ2n) is 5.05. The van der Waals surface area contributed by atoms with Gasteiger partial charge in [0.2, 0.25) is 0 Å². The first kappa shape index (κ1) is 17.5. The zero-order valence-corrected chi connectivity index (χ0v) is 15.8. The molecule has 23 heavy (non-hydrogen) atoms. The van der Waals surface area contributed by atoms with Gasteiger partial charge in [-0.15, -0.1) is 0 Å². The fourth-order valence-electron chi connectivity index (χ4n) is 2.70. The van der Waals surface area contributed by atoms with Crippen LogP contribution in [0, 0.1) is 6.92 Å². The van der Waals surface area contributed by atoms with E-state index < -0.39 is 0 Å². The molecule has 2 aromatic heterocycles. The molecule has 1 aromatic carbocycles. The molecular formula is C17H18N3NaO2. The molecule has 0 aliphatic rings. The number of rotatable bonds is 4. The Bertz CT molecular complexity index is 883. The van der Waals surface area contributed by atoms with E-state index in [0.29, 0.717) is 0 Å². The van der Waals surface area contributed by atoms with E-state index in [-0.39, 0.29) is 31.0 Å².